The molecule has 0 saturated heterocycles. The fourth-order valence-corrected chi connectivity index (χ4v) is 1.86. The third-order valence-corrected chi connectivity index (χ3v) is 2.74. The van der Waals surface area contributed by atoms with Crippen molar-refractivity contribution < 1.29 is 4.79 Å². The van der Waals surface area contributed by atoms with Gasteiger partial charge in [-0.25, -0.2) is 5.43 Å². The lowest BCUT2D eigenvalue weighted by molar-refractivity contribution is 0.0915. The van der Waals surface area contributed by atoms with Crippen LogP contribution in [0.3, 0.4) is 0 Å². The molecule has 5 heteroatoms. The second-order valence-corrected chi connectivity index (χ2v) is 3.90. The van der Waals surface area contributed by atoms with Gasteiger partial charge in [0, 0.05) is 12.2 Å². The second kappa shape index (κ2) is 4.93. The van der Waals surface area contributed by atoms with Gasteiger partial charge in [0.05, 0.1) is 0 Å². The zero-order chi connectivity index (χ0) is 10.5. The summed E-state index contributed by atoms with van der Waals surface area (Å²) in [5, 5.41) is 6.35. The van der Waals surface area contributed by atoms with Crippen molar-refractivity contribution in [1.82, 2.24) is 21.0 Å². The highest BCUT2D eigenvalue weighted by atomic mass is 16.2. The second-order valence-electron chi connectivity index (χ2n) is 3.90. The Labute approximate surface area is 88.6 Å². The maximum Gasteiger partial charge on any atom is 0.283 e. The molecule has 1 aliphatic rings. The predicted octanol–water partition coefficient (Wildman–Crippen LogP) is 0.977. The highest BCUT2D eigenvalue weighted by Gasteiger charge is 2.14. The number of carbonyl (C=O) groups is 1. The lowest BCUT2D eigenvalue weighted by atomic mass is 9.96. The van der Waals surface area contributed by atoms with E-state index in [-0.39, 0.29) is 5.91 Å². The highest BCUT2D eigenvalue weighted by molar-refractivity contribution is 5.91. The van der Waals surface area contributed by atoms with Gasteiger partial charge in [0.2, 0.25) is 0 Å². The minimum Gasteiger partial charge on any atom is -0.286 e. The molecular formula is C10H16N4O. The summed E-state index contributed by atoms with van der Waals surface area (Å²) in [6, 6.07) is 2.07. The summed E-state index contributed by atoms with van der Waals surface area (Å²) in [5.41, 5.74) is 6.24. The SMILES string of the molecule is O=C(NNC1CCCCC1)c1ccn[nH]1. The number of hydrazine groups is 1. The van der Waals surface area contributed by atoms with E-state index in [9.17, 15) is 4.79 Å². The third-order valence-electron chi connectivity index (χ3n) is 2.74. The normalized spacial score (nSPS) is 17.6. The van der Waals surface area contributed by atoms with Crippen molar-refractivity contribution in [3.8, 4) is 0 Å². The van der Waals surface area contributed by atoms with E-state index in [1.807, 2.05) is 0 Å². The number of nitrogens with zero attached hydrogens (tertiary/aromatic N) is 1. The van der Waals surface area contributed by atoms with E-state index < -0.39 is 0 Å². The van der Waals surface area contributed by atoms with Gasteiger partial charge in [0.25, 0.3) is 5.91 Å². The number of carbonyl (C=O) groups excluding carboxylic acids is 1. The van der Waals surface area contributed by atoms with Crippen LogP contribution in [0, 0.1) is 0 Å². The Morgan fingerprint density at radius 3 is 2.87 bits per heavy atom. The Kier molecular flexibility index (Phi) is 3.34. The fourth-order valence-electron chi connectivity index (χ4n) is 1.86. The van der Waals surface area contributed by atoms with Crippen LogP contribution in [0.1, 0.15) is 42.6 Å². The number of hydrogen-bond acceptors (Lipinski definition) is 3. The van der Waals surface area contributed by atoms with E-state index in [0.29, 0.717) is 11.7 Å². The van der Waals surface area contributed by atoms with Crippen molar-refractivity contribution in [2.75, 3.05) is 0 Å². The minimum absolute atomic E-state index is 0.155. The Balaban J connectivity index is 1.75. The molecule has 1 amide bonds. The molecule has 3 N–H and O–H groups in total. The van der Waals surface area contributed by atoms with Gasteiger partial charge in [-0.05, 0) is 18.9 Å². The van der Waals surface area contributed by atoms with E-state index in [1.54, 1.807) is 12.3 Å². The van der Waals surface area contributed by atoms with Crippen LogP contribution >= 0.6 is 0 Å². The molecule has 2 rings (SSSR count). The van der Waals surface area contributed by atoms with Crippen LogP contribution < -0.4 is 10.9 Å². The van der Waals surface area contributed by atoms with Crippen LogP contribution in [0.25, 0.3) is 0 Å². The fraction of sp³-hybridized carbons (Fsp3) is 0.600. The summed E-state index contributed by atoms with van der Waals surface area (Å²) in [4.78, 5) is 11.5. The topological polar surface area (TPSA) is 69.8 Å². The largest absolute Gasteiger partial charge is 0.286 e. The van der Waals surface area contributed by atoms with Crippen LogP contribution in [0.15, 0.2) is 12.3 Å². The van der Waals surface area contributed by atoms with Gasteiger partial charge in [0.15, 0.2) is 0 Å². The molecule has 0 spiro atoms. The number of hydrogen-bond donors (Lipinski definition) is 3. The molecule has 1 fully saturated rings. The van der Waals surface area contributed by atoms with Crippen molar-refractivity contribution in [3.63, 3.8) is 0 Å². The Bertz CT molecular complexity index is 303. The van der Waals surface area contributed by atoms with Crippen molar-refractivity contribution in [3.05, 3.63) is 18.0 Å². The average Bonchev–Trinajstić information content (AvgIpc) is 2.81. The lowest BCUT2D eigenvalue weighted by Gasteiger charge is -2.22. The Hall–Kier alpha value is -1.36. The average molecular weight is 208 g/mol. The number of aromatic nitrogens is 2. The summed E-state index contributed by atoms with van der Waals surface area (Å²) in [6.07, 6.45) is 7.66. The molecule has 1 aromatic heterocycles. The summed E-state index contributed by atoms with van der Waals surface area (Å²) in [5.74, 6) is -0.155. The van der Waals surface area contributed by atoms with E-state index in [0.717, 1.165) is 12.8 Å². The number of amides is 1. The molecular weight excluding hydrogens is 192 g/mol. The quantitative estimate of drug-likeness (QED) is 0.648. The first kappa shape index (κ1) is 10.2. The molecule has 0 bridgehead atoms. The molecule has 15 heavy (non-hydrogen) atoms. The van der Waals surface area contributed by atoms with Gasteiger partial charge < -0.3 is 0 Å². The molecule has 1 aliphatic carbocycles. The highest BCUT2D eigenvalue weighted by Crippen LogP contribution is 2.16. The first-order valence-corrected chi connectivity index (χ1v) is 5.41. The molecule has 1 saturated carbocycles. The molecule has 0 atom stereocenters. The number of aromatic amines is 1. The van der Waals surface area contributed by atoms with Gasteiger partial charge in [-0.15, -0.1) is 0 Å². The molecule has 1 aromatic rings. The van der Waals surface area contributed by atoms with Crippen LogP contribution in [-0.2, 0) is 0 Å². The van der Waals surface area contributed by atoms with Crippen LogP contribution in [-0.4, -0.2) is 22.1 Å². The van der Waals surface area contributed by atoms with Gasteiger partial charge in [0.1, 0.15) is 5.69 Å². The van der Waals surface area contributed by atoms with Crippen LogP contribution in [0.4, 0.5) is 0 Å². The van der Waals surface area contributed by atoms with Crippen molar-refractivity contribution in [1.29, 1.82) is 0 Å². The van der Waals surface area contributed by atoms with Crippen molar-refractivity contribution in [2.24, 2.45) is 0 Å². The zero-order valence-corrected chi connectivity index (χ0v) is 8.62. The number of nitrogens with one attached hydrogen (secondary N) is 3. The maximum absolute atomic E-state index is 11.5. The minimum atomic E-state index is -0.155. The Morgan fingerprint density at radius 2 is 2.20 bits per heavy atom. The summed E-state index contributed by atoms with van der Waals surface area (Å²) < 4.78 is 0. The van der Waals surface area contributed by atoms with Gasteiger partial charge >= 0.3 is 0 Å². The molecule has 82 valence electrons. The first-order valence-electron chi connectivity index (χ1n) is 5.41. The summed E-state index contributed by atoms with van der Waals surface area (Å²) in [6.45, 7) is 0. The number of rotatable bonds is 3. The number of H-pyrrole nitrogens is 1. The van der Waals surface area contributed by atoms with E-state index in [2.05, 4.69) is 21.0 Å². The standard InChI is InChI=1S/C10H16N4O/c15-10(9-6-7-11-13-9)14-12-8-4-2-1-3-5-8/h6-8,12H,1-5H2,(H,11,13)(H,14,15). The van der Waals surface area contributed by atoms with Crippen molar-refractivity contribution >= 4 is 5.91 Å². The van der Waals surface area contributed by atoms with E-state index in [1.165, 1.54) is 19.3 Å². The Morgan fingerprint density at radius 1 is 1.40 bits per heavy atom. The summed E-state index contributed by atoms with van der Waals surface area (Å²) >= 11 is 0. The smallest absolute Gasteiger partial charge is 0.283 e. The molecule has 0 aromatic carbocycles. The van der Waals surface area contributed by atoms with E-state index >= 15 is 0 Å². The van der Waals surface area contributed by atoms with Gasteiger partial charge in [-0.2, -0.15) is 5.10 Å². The first-order chi connectivity index (χ1) is 7.36. The predicted molar refractivity (Wildman–Crippen MR) is 56.1 cm³/mol. The molecule has 1 heterocycles. The van der Waals surface area contributed by atoms with Crippen LogP contribution in [0.5, 0.6) is 0 Å². The molecule has 0 aliphatic heterocycles. The molecule has 0 unspecified atom stereocenters. The molecule has 0 radical (unpaired) electrons. The summed E-state index contributed by atoms with van der Waals surface area (Å²) in [7, 11) is 0. The van der Waals surface area contributed by atoms with Gasteiger partial charge in [-0.1, -0.05) is 19.3 Å². The zero-order valence-electron chi connectivity index (χ0n) is 8.62. The monoisotopic (exact) mass is 208 g/mol. The lowest BCUT2D eigenvalue weighted by Crippen LogP contribution is -2.45. The molecule has 5 nitrogen and oxygen atoms in total. The maximum atomic E-state index is 11.5. The van der Waals surface area contributed by atoms with Gasteiger partial charge in [-0.3, -0.25) is 15.3 Å². The van der Waals surface area contributed by atoms with Crippen molar-refractivity contribution in [2.45, 2.75) is 38.1 Å². The van der Waals surface area contributed by atoms with Crippen LogP contribution in [0.2, 0.25) is 0 Å². The third kappa shape index (κ3) is 2.79. The van der Waals surface area contributed by atoms with E-state index in [4.69, 9.17) is 0 Å².